The molecular weight excluding hydrogens is 312 g/mol. The topological polar surface area (TPSA) is 45.2 Å². The van der Waals surface area contributed by atoms with Crippen molar-refractivity contribution in [2.75, 3.05) is 13.2 Å². The lowest BCUT2D eigenvalue weighted by molar-refractivity contribution is 0.0140. The van der Waals surface area contributed by atoms with Gasteiger partial charge in [0.2, 0.25) is 0 Å². The SMILES string of the molecule is CC.Fc1ccc2[nH]c3ccc(F)cc3c2c1.OC1CCOCC1. The van der Waals surface area contributed by atoms with Gasteiger partial charge >= 0.3 is 0 Å². The number of rotatable bonds is 0. The van der Waals surface area contributed by atoms with Crippen molar-refractivity contribution in [3.8, 4) is 0 Å². The number of nitrogens with one attached hydrogen (secondary N) is 1. The summed E-state index contributed by atoms with van der Waals surface area (Å²) in [6.45, 7) is 5.47. The number of halogens is 2. The van der Waals surface area contributed by atoms with E-state index in [4.69, 9.17) is 9.84 Å². The van der Waals surface area contributed by atoms with E-state index in [-0.39, 0.29) is 17.7 Å². The molecule has 2 aromatic carbocycles. The van der Waals surface area contributed by atoms with Gasteiger partial charge in [0.05, 0.1) is 6.10 Å². The number of hydrogen-bond acceptors (Lipinski definition) is 2. The first-order valence-corrected chi connectivity index (χ1v) is 8.26. The second-order valence-electron chi connectivity index (χ2n) is 5.35. The van der Waals surface area contributed by atoms with Crippen molar-refractivity contribution in [3.63, 3.8) is 0 Å². The van der Waals surface area contributed by atoms with Crippen LogP contribution in [0.4, 0.5) is 8.78 Å². The fourth-order valence-corrected chi connectivity index (χ4v) is 2.53. The van der Waals surface area contributed by atoms with E-state index < -0.39 is 0 Å². The molecule has 0 aliphatic carbocycles. The zero-order valence-corrected chi connectivity index (χ0v) is 14.0. The quantitative estimate of drug-likeness (QED) is 0.621. The van der Waals surface area contributed by atoms with E-state index in [1.54, 1.807) is 12.1 Å². The van der Waals surface area contributed by atoms with Gasteiger partial charge in [0.15, 0.2) is 0 Å². The van der Waals surface area contributed by atoms with Crippen LogP contribution in [0.25, 0.3) is 21.8 Å². The first kappa shape index (κ1) is 18.4. The zero-order valence-electron chi connectivity index (χ0n) is 14.0. The Morgan fingerprint density at radius 2 is 1.38 bits per heavy atom. The summed E-state index contributed by atoms with van der Waals surface area (Å²) in [7, 11) is 0. The number of ether oxygens (including phenoxy) is 1. The number of aromatic amines is 1. The maximum Gasteiger partial charge on any atom is 0.123 e. The molecule has 0 amide bonds. The van der Waals surface area contributed by atoms with Crippen LogP contribution in [0.2, 0.25) is 0 Å². The van der Waals surface area contributed by atoms with E-state index in [1.807, 2.05) is 13.8 Å². The van der Waals surface area contributed by atoms with Gasteiger partial charge in [-0.1, -0.05) is 13.8 Å². The largest absolute Gasteiger partial charge is 0.393 e. The minimum Gasteiger partial charge on any atom is -0.393 e. The van der Waals surface area contributed by atoms with Gasteiger partial charge in [0, 0.05) is 35.0 Å². The van der Waals surface area contributed by atoms with Gasteiger partial charge < -0.3 is 14.8 Å². The Balaban J connectivity index is 0.000000196. The molecule has 1 fully saturated rings. The molecule has 1 aromatic heterocycles. The van der Waals surface area contributed by atoms with Gasteiger partial charge in [-0.3, -0.25) is 0 Å². The Morgan fingerprint density at radius 1 is 0.917 bits per heavy atom. The van der Waals surface area contributed by atoms with Crippen LogP contribution in [0, 0.1) is 11.6 Å². The predicted octanol–water partition coefficient (Wildman–Crippen LogP) is 4.78. The van der Waals surface area contributed by atoms with Crippen molar-refractivity contribution < 1.29 is 18.6 Å². The van der Waals surface area contributed by atoms with Crippen LogP contribution in [0.5, 0.6) is 0 Å². The monoisotopic (exact) mass is 335 g/mol. The van der Waals surface area contributed by atoms with Crippen molar-refractivity contribution in [2.24, 2.45) is 0 Å². The predicted molar refractivity (Wildman–Crippen MR) is 93.1 cm³/mol. The molecule has 130 valence electrons. The van der Waals surface area contributed by atoms with Crippen molar-refractivity contribution in [1.29, 1.82) is 0 Å². The molecule has 3 nitrogen and oxygen atoms in total. The molecule has 0 bridgehead atoms. The number of benzene rings is 2. The fourth-order valence-electron chi connectivity index (χ4n) is 2.53. The van der Waals surface area contributed by atoms with Gasteiger partial charge in [-0.05, 0) is 49.2 Å². The van der Waals surface area contributed by atoms with Crippen LogP contribution in [0.3, 0.4) is 0 Å². The average molecular weight is 335 g/mol. The molecule has 0 saturated carbocycles. The number of hydrogen-bond donors (Lipinski definition) is 2. The van der Waals surface area contributed by atoms with Crippen molar-refractivity contribution in [3.05, 3.63) is 48.0 Å². The molecular formula is C19H23F2NO2. The van der Waals surface area contributed by atoms with Crippen LogP contribution >= 0.6 is 0 Å². The number of H-pyrrole nitrogens is 1. The summed E-state index contributed by atoms with van der Waals surface area (Å²) in [4.78, 5) is 3.10. The number of fused-ring (bicyclic) bond motifs is 3. The summed E-state index contributed by atoms with van der Waals surface area (Å²) in [5.74, 6) is -0.625. The third-order valence-corrected chi connectivity index (χ3v) is 3.71. The molecule has 3 aromatic rings. The summed E-state index contributed by atoms with van der Waals surface area (Å²) >= 11 is 0. The molecule has 1 saturated heterocycles. The van der Waals surface area contributed by atoms with Gasteiger partial charge in [-0.25, -0.2) is 8.78 Å². The highest BCUT2D eigenvalue weighted by atomic mass is 19.1. The summed E-state index contributed by atoms with van der Waals surface area (Å²) in [5.41, 5.74) is 1.63. The zero-order chi connectivity index (χ0) is 17.5. The molecule has 2 heterocycles. The van der Waals surface area contributed by atoms with Gasteiger partial charge in [0.25, 0.3) is 0 Å². The molecule has 1 aliphatic rings. The number of aliphatic hydroxyl groups is 1. The lowest BCUT2D eigenvalue weighted by Gasteiger charge is -2.15. The van der Waals surface area contributed by atoms with Crippen LogP contribution in [0.15, 0.2) is 36.4 Å². The molecule has 0 spiro atoms. The molecule has 4 rings (SSSR count). The van der Waals surface area contributed by atoms with Crippen molar-refractivity contribution in [1.82, 2.24) is 4.98 Å². The number of aromatic nitrogens is 1. The normalized spacial score (nSPS) is 14.7. The Hall–Kier alpha value is -1.98. The summed E-state index contributed by atoms with van der Waals surface area (Å²) < 4.78 is 31.0. The average Bonchev–Trinajstić information content (AvgIpc) is 2.95. The van der Waals surface area contributed by atoms with Crippen molar-refractivity contribution in [2.45, 2.75) is 32.8 Å². The Labute approximate surface area is 140 Å². The molecule has 5 heteroatoms. The van der Waals surface area contributed by atoms with E-state index >= 15 is 0 Å². The fraction of sp³-hybridized carbons (Fsp3) is 0.368. The van der Waals surface area contributed by atoms with Gasteiger partial charge in [-0.15, -0.1) is 0 Å². The third-order valence-electron chi connectivity index (χ3n) is 3.71. The van der Waals surface area contributed by atoms with E-state index in [0.717, 1.165) is 37.1 Å². The molecule has 0 atom stereocenters. The van der Waals surface area contributed by atoms with E-state index in [9.17, 15) is 8.78 Å². The third kappa shape index (κ3) is 4.52. The second-order valence-corrected chi connectivity index (χ2v) is 5.35. The van der Waals surface area contributed by atoms with E-state index in [0.29, 0.717) is 10.8 Å². The van der Waals surface area contributed by atoms with E-state index in [2.05, 4.69) is 4.98 Å². The lowest BCUT2D eigenvalue weighted by atomic mass is 10.1. The van der Waals surface area contributed by atoms with Gasteiger partial charge in [-0.2, -0.15) is 0 Å². The van der Waals surface area contributed by atoms with Gasteiger partial charge in [0.1, 0.15) is 11.6 Å². The summed E-state index contributed by atoms with van der Waals surface area (Å²) in [6, 6.07) is 8.90. The minimum atomic E-state index is -0.312. The Kier molecular flexibility index (Phi) is 6.70. The highest BCUT2D eigenvalue weighted by molar-refractivity contribution is 6.07. The highest BCUT2D eigenvalue weighted by Gasteiger charge is 2.08. The van der Waals surface area contributed by atoms with Crippen LogP contribution in [0.1, 0.15) is 26.7 Å². The molecule has 2 N–H and O–H groups in total. The molecule has 0 unspecified atom stereocenters. The second kappa shape index (κ2) is 8.76. The summed E-state index contributed by atoms with van der Waals surface area (Å²) in [6.07, 6.45) is 1.55. The molecule has 1 aliphatic heterocycles. The Morgan fingerprint density at radius 3 is 1.75 bits per heavy atom. The van der Waals surface area contributed by atoms with Crippen LogP contribution in [-0.4, -0.2) is 29.4 Å². The Bertz CT molecular complexity index is 723. The highest BCUT2D eigenvalue weighted by Crippen LogP contribution is 2.26. The minimum absolute atomic E-state index is 0.0891. The van der Waals surface area contributed by atoms with E-state index in [1.165, 1.54) is 24.3 Å². The smallest absolute Gasteiger partial charge is 0.123 e. The lowest BCUT2D eigenvalue weighted by Crippen LogP contribution is -2.19. The standard InChI is InChI=1S/C12H7F2N.C5H10O2.C2H6/c13-7-1-3-11-9(5-7)10-6-8(14)2-4-12(10)15-11;6-5-1-3-7-4-2-5;1-2/h1-6,15H;5-6H,1-4H2;1-2H3. The number of aliphatic hydroxyl groups excluding tert-OH is 1. The maximum atomic E-state index is 13.0. The van der Waals surface area contributed by atoms with Crippen LogP contribution in [-0.2, 0) is 4.74 Å². The molecule has 0 radical (unpaired) electrons. The first-order chi connectivity index (χ1) is 11.6. The van der Waals surface area contributed by atoms with Crippen LogP contribution < -0.4 is 0 Å². The molecule has 24 heavy (non-hydrogen) atoms. The first-order valence-electron chi connectivity index (χ1n) is 8.26. The van der Waals surface area contributed by atoms with Crippen molar-refractivity contribution >= 4 is 21.8 Å². The summed E-state index contributed by atoms with van der Waals surface area (Å²) in [5, 5.41) is 10.3. The maximum absolute atomic E-state index is 13.0.